The number of urea groups is 1. The van der Waals surface area contributed by atoms with E-state index in [9.17, 15) is 9.59 Å². The molecule has 0 radical (unpaired) electrons. The fourth-order valence-corrected chi connectivity index (χ4v) is 3.87. The molecule has 1 aromatic carbocycles. The Morgan fingerprint density at radius 2 is 1.90 bits per heavy atom. The second kappa shape index (κ2) is 7.49. The van der Waals surface area contributed by atoms with Crippen LogP contribution >= 0.6 is 11.6 Å². The van der Waals surface area contributed by atoms with Crippen LogP contribution in [0.5, 0.6) is 0 Å². The molecule has 0 spiro atoms. The summed E-state index contributed by atoms with van der Waals surface area (Å²) in [5.41, 5.74) is 6.88. The van der Waals surface area contributed by atoms with Gasteiger partial charge in [-0.3, -0.25) is 9.69 Å². The highest BCUT2D eigenvalue weighted by atomic mass is 35.5. The second-order valence-electron chi connectivity index (χ2n) is 7.31. The number of nitrogens with one attached hydrogen (secondary N) is 2. The van der Waals surface area contributed by atoms with Gasteiger partial charge in [0.15, 0.2) is 6.17 Å². The lowest BCUT2D eigenvalue weighted by Gasteiger charge is -2.36. The molecule has 4 rings (SSSR count). The molecule has 2 unspecified atom stereocenters. The minimum Gasteiger partial charge on any atom is -0.340 e. The maximum Gasteiger partial charge on any atom is 0.328 e. The number of hydrogen-bond acceptors (Lipinski definition) is 6. The van der Waals surface area contributed by atoms with Crippen molar-refractivity contribution in [2.75, 3.05) is 14.1 Å². The third-order valence-electron chi connectivity index (χ3n) is 5.36. The quantitative estimate of drug-likeness (QED) is 0.577. The molecule has 2 N–H and O–H groups in total. The zero-order chi connectivity index (χ0) is 21.6. The lowest BCUT2D eigenvalue weighted by molar-refractivity contribution is -0.133. The first-order valence-corrected chi connectivity index (χ1v) is 9.78. The van der Waals surface area contributed by atoms with Crippen LogP contribution in [-0.4, -0.2) is 64.8 Å². The standard InChI is InChI=1S/C20H22ClN7O2/c1-11-9-13(12(2)28(11)15-7-5-14(21)6-8-15)10-22-25-19-23-16-17(24-19)26(3)20(30)27(4)18(16)29/h5-10,16-17H,1-4H3,(H2,23,24,25)/b22-10+. The molecule has 2 aliphatic heterocycles. The number of aromatic nitrogens is 1. The summed E-state index contributed by atoms with van der Waals surface area (Å²) in [7, 11) is 3.07. The summed E-state index contributed by atoms with van der Waals surface area (Å²) in [6.07, 6.45) is 1.11. The van der Waals surface area contributed by atoms with Crippen molar-refractivity contribution in [1.29, 1.82) is 0 Å². The van der Waals surface area contributed by atoms with Crippen molar-refractivity contribution in [3.05, 3.63) is 52.3 Å². The largest absolute Gasteiger partial charge is 0.340 e. The van der Waals surface area contributed by atoms with Crippen molar-refractivity contribution in [2.24, 2.45) is 10.1 Å². The van der Waals surface area contributed by atoms with Gasteiger partial charge in [0.2, 0.25) is 5.96 Å². The molecule has 2 atom stereocenters. The number of halogens is 1. The molecule has 1 fully saturated rings. The number of likely N-dealkylation sites (N-methyl/N-ethyl adjacent to an activating group) is 2. The number of nitrogens with zero attached hydrogens (tertiary/aromatic N) is 5. The summed E-state index contributed by atoms with van der Waals surface area (Å²) in [4.78, 5) is 31.3. The minimum absolute atomic E-state index is 0.320. The summed E-state index contributed by atoms with van der Waals surface area (Å²) in [6.45, 7) is 4.03. The second-order valence-corrected chi connectivity index (χ2v) is 7.75. The van der Waals surface area contributed by atoms with Gasteiger partial charge in [0.05, 0.1) is 6.21 Å². The number of fused-ring (bicyclic) bond motifs is 1. The summed E-state index contributed by atoms with van der Waals surface area (Å²) < 4.78 is 2.12. The Bertz CT molecular complexity index is 1070. The number of hydrogen-bond donors (Lipinski definition) is 2. The number of guanidine groups is 1. The molecule has 0 saturated carbocycles. The van der Waals surface area contributed by atoms with E-state index in [0.717, 1.165) is 27.5 Å². The van der Waals surface area contributed by atoms with E-state index >= 15 is 0 Å². The van der Waals surface area contributed by atoms with Crippen LogP contribution in [0, 0.1) is 13.8 Å². The van der Waals surface area contributed by atoms with Crippen LogP contribution in [0.15, 0.2) is 40.4 Å². The molecule has 156 valence electrons. The lowest BCUT2D eigenvalue weighted by Crippen LogP contribution is -2.63. The van der Waals surface area contributed by atoms with Gasteiger partial charge in [-0.15, -0.1) is 0 Å². The van der Waals surface area contributed by atoms with Gasteiger partial charge in [-0.25, -0.2) is 15.2 Å². The average molecular weight is 428 g/mol. The van der Waals surface area contributed by atoms with Gasteiger partial charge in [-0.2, -0.15) is 5.10 Å². The number of carbonyl (C=O) groups excluding carboxylic acids is 2. The van der Waals surface area contributed by atoms with E-state index < -0.39 is 12.2 Å². The molecule has 9 nitrogen and oxygen atoms in total. The number of imide groups is 1. The number of hydrazone groups is 1. The zero-order valence-corrected chi connectivity index (χ0v) is 17.8. The maximum absolute atomic E-state index is 12.3. The fourth-order valence-electron chi connectivity index (χ4n) is 3.75. The Balaban J connectivity index is 1.50. The summed E-state index contributed by atoms with van der Waals surface area (Å²) >= 11 is 5.99. The van der Waals surface area contributed by atoms with E-state index in [-0.39, 0.29) is 11.9 Å². The molecule has 10 heteroatoms. The predicted molar refractivity (Wildman–Crippen MR) is 115 cm³/mol. The number of aryl methyl sites for hydroxylation is 1. The molecule has 0 bridgehead atoms. The molecule has 2 aromatic rings. The Kier molecular flexibility index (Phi) is 4.98. The van der Waals surface area contributed by atoms with E-state index in [1.54, 1.807) is 13.3 Å². The molecular formula is C20H22ClN7O2. The van der Waals surface area contributed by atoms with Gasteiger partial charge in [0, 0.05) is 41.8 Å². The first kappa shape index (κ1) is 20.0. The number of aliphatic imine (C=N–C) groups is 1. The highest BCUT2D eigenvalue weighted by Gasteiger charge is 2.46. The SMILES string of the molecule is Cc1cc(/C=N/NC2=NC3C(N2)C(=O)N(C)C(=O)N3C)c(C)n1-c1ccc(Cl)cc1. The summed E-state index contributed by atoms with van der Waals surface area (Å²) in [5.74, 6) is 0.0233. The Hall–Kier alpha value is -3.33. The Labute approximate surface area is 179 Å². The van der Waals surface area contributed by atoms with Crippen molar-refractivity contribution < 1.29 is 9.59 Å². The highest BCUT2D eigenvalue weighted by molar-refractivity contribution is 6.30. The molecule has 0 aliphatic carbocycles. The topological polar surface area (TPSA) is 94.3 Å². The van der Waals surface area contributed by atoms with Crippen molar-refractivity contribution in [3.8, 4) is 5.69 Å². The van der Waals surface area contributed by atoms with Crippen molar-refractivity contribution in [2.45, 2.75) is 26.1 Å². The van der Waals surface area contributed by atoms with Crippen LogP contribution in [-0.2, 0) is 4.79 Å². The smallest absolute Gasteiger partial charge is 0.328 e. The maximum atomic E-state index is 12.3. The van der Waals surface area contributed by atoms with Crippen molar-refractivity contribution >= 4 is 35.7 Å². The van der Waals surface area contributed by atoms with Crippen LogP contribution in [0.4, 0.5) is 4.79 Å². The first-order valence-electron chi connectivity index (χ1n) is 9.40. The molecule has 2 aliphatic rings. The fraction of sp³-hybridized carbons (Fsp3) is 0.300. The molecule has 3 heterocycles. The minimum atomic E-state index is -0.620. The average Bonchev–Trinajstić information content (AvgIpc) is 3.27. The molecule has 30 heavy (non-hydrogen) atoms. The van der Waals surface area contributed by atoms with Crippen molar-refractivity contribution in [1.82, 2.24) is 25.1 Å². The van der Waals surface area contributed by atoms with E-state index in [4.69, 9.17) is 11.6 Å². The first-order chi connectivity index (χ1) is 14.3. The van der Waals surface area contributed by atoms with Gasteiger partial charge in [-0.1, -0.05) is 11.6 Å². The number of amides is 3. The third kappa shape index (κ3) is 3.30. The highest BCUT2D eigenvalue weighted by Crippen LogP contribution is 2.22. The van der Waals surface area contributed by atoms with Crippen LogP contribution in [0.25, 0.3) is 5.69 Å². The Morgan fingerprint density at radius 3 is 2.60 bits per heavy atom. The summed E-state index contributed by atoms with van der Waals surface area (Å²) in [6, 6.07) is 8.67. The van der Waals surface area contributed by atoms with Crippen LogP contribution in [0.2, 0.25) is 5.02 Å². The predicted octanol–water partition coefficient (Wildman–Crippen LogP) is 1.85. The third-order valence-corrected chi connectivity index (χ3v) is 5.62. The number of carbonyl (C=O) groups is 2. The van der Waals surface area contributed by atoms with E-state index in [1.165, 1.54) is 11.9 Å². The van der Waals surface area contributed by atoms with Gasteiger partial charge in [-0.05, 0) is 44.2 Å². The van der Waals surface area contributed by atoms with Gasteiger partial charge < -0.3 is 14.8 Å². The van der Waals surface area contributed by atoms with Gasteiger partial charge in [0.1, 0.15) is 6.04 Å². The number of rotatable bonds is 3. The normalized spacial score (nSPS) is 21.2. The van der Waals surface area contributed by atoms with Crippen molar-refractivity contribution in [3.63, 3.8) is 0 Å². The lowest BCUT2D eigenvalue weighted by atomic mass is 10.1. The monoisotopic (exact) mass is 427 g/mol. The van der Waals surface area contributed by atoms with Crippen LogP contribution in [0.1, 0.15) is 17.0 Å². The summed E-state index contributed by atoms with van der Waals surface area (Å²) in [5, 5.41) is 7.95. The molecular weight excluding hydrogens is 406 g/mol. The van der Waals surface area contributed by atoms with E-state index in [1.807, 2.05) is 44.2 Å². The molecule has 1 saturated heterocycles. The van der Waals surface area contributed by atoms with Gasteiger partial charge >= 0.3 is 6.03 Å². The Morgan fingerprint density at radius 1 is 1.20 bits per heavy atom. The van der Waals surface area contributed by atoms with E-state index in [2.05, 4.69) is 25.4 Å². The van der Waals surface area contributed by atoms with Gasteiger partial charge in [0.25, 0.3) is 5.91 Å². The zero-order valence-electron chi connectivity index (χ0n) is 17.0. The molecule has 3 amide bonds. The van der Waals surface area contributed by atoms with Crippen LogP contribution < -0.4 is 10.7 Å². The molecule has 1 aromatic heterocycles. The van der Waals surface area contributed by atoms with Crippen LogP contribution in [0.3, 0.4) is 0 Å². The number of benzene rings is 1. The van der Waals surface area contributed by atoms with E-state index in [0.29, 0.717) is 11.0 Å².